The molecule has 1 unspecified atom stereocenters. The number of nitrogens with two attached hydrogens (primary N) is 1. The standard InChI is InChI=1S/C21H36N4O2/c1-4-26-18-10-11-20(27-5-2)19(15-18)24-21(22)23-12-6-7-13-25-14-8-9-17(3)16-25/h10-11,15,17H,4-9,12-14,16H2,1-3H3,(H3,22,23,24). The molecule has 1 aromatic rings. The first kappa shape index (κ1) is 21.4. The lowest BCUT2D eigenvalue weighted by Crippen LogP contribution is -2.35. The van der Waals surface area contributed by atoms with Crippen LogP contribution in [0.4, 0.5) is 5.69 Å². The van der Waals surface area contributed by atoms with Crippen LogP contribution in [0, 0.1) is 5.92 Å². The minimum absolute atomic E-state index is 0.413. The first-order chi connectivity index (χ1) is 13.1. The lowest BCUT2D eigenvalue weighted by Gasteiger charge is -2.30. The number of piperidine rings is 1. The summed E-state index contributed by atoms with van der Waals surface area (Å²) in [6, 6.07) is 5.69. The van der Waals surface area contributed by atoms with E-state index < -0.39 is 0 Å². The molecule has 1 fully saturated rings. The lowest BCUT2D eigenvalue weighted by atomic mass is 10.0. The summed E-state index contributed by atoms with van der Waals surface area (Å²) in [4.78, 5) is 7.04. The molecule has 0 aromatic heterocycles. The van der Waals surface area contributed by atoms with E-state index in [1.807, 2.05) is 32.0 Å². The summed E-state index contributed by atoms with van der Waals surface area (Å²) in [7, 11) is 0. The fraction of sp³-hybridized carbons (Fsp3) is 0.667. The van der Waals surface area contributed by atoms with Crippen LogP contribution in [0.15, 0.2) is 23.2 Å². The summed E-state index contributed by atoms with van der Waals surface area (Å²) in [5, 5.41) is 3.15. The maximum atomic E-state index is 6.07. The molecular formula is C21H36N4O2. The van der Waals surface area contributed by atoms with Crippen LogP contribution in [0.25, 0.3) is 0 Å². The lowest BCUT2D eigenvalue weighted by molar-refractivity contribution is 0.181. The molecular weight excluding hydrogens is 340 g/mol. The second-order valence-electron chi connectivity index (χ2n) is 7.17. The summed E-state index contributed by atoms with van der Waals surface area (Å²) in [6.07, 6.45) is 4.91. The maximum Gasteiger partial charge on any atom is 0.193 e. The molecule has 27 heavy (non-hydrogen) atoms. The molecule has 6 nitrogen and oxygen atoms in total. The Bertz CT molecular complexity index is 592. The van der Waals surface area contributed by atoms with Gasteiger partial charge in [-0.1, -0.05) is 6.92 Å². The van der Waals surface area contributed by atoms with E-state index in [0.717, 1.165) is 49.0 Å². The van der Waals surface area contributed by atoms with E-state index in [-0.39, 0.29) is 0 Å². The van der Waals surface area contributed by atoms with E-state index in [2.05, 4.69) is 22.1 Å². The fourth-order valence-corrected chi connectivity index (χ4v) is 3.46. The number of unbranched alkanes of at least 4 members (excludes halogenated alkanes) is 1. The van der Waals surface area contributed by atoms with Crippen LogP contribution in [-0.4, -0.2) is 50.3 Å². The molecule has 0 radical (unpaired) electrons. The molecule has 0 spiro atoms. The van der Waals surface area contributed by atoms with Crippen LogP contribution in [0.1, 0.15) is 46.5 Å². The van der Waals surface area contributed by atoms with Gasteiger partial charge in [0.1, 0.15) is 11.5 Å². The number of hydrogen-bond donors (Lipinski definition) is 2. The summed E-state index contributed by atoms with van der Waals surface area (Å²) in [6.45, 7) is 11.9. The van der Waals surface area contributed by atoms with E-state index in [9.17, 15) is 0 Å². The maximum absolute atomic E-state index is 6.07. The summed E-state index contributed by atoms with van der Waals surface area (Å²) in [5.41, 5.74) is 6.85. The Morgan fingerprint density at radius 1 is 1.26 bits per heavy atom. The van der Waals surface area contributed by atoms with Crippen LogP contribution in [0.3, 0.4) is 0 Å². The third-order valence-electron chi connectivity index (χ3n) is 4.73. The van der Waals surface area contributed by atoms with Crippen molar-refractivity contribution in [1.29, 1.82) is 0 Å². The Kier molecular flexibility index (Phi) is 9.25. The van der Waals surface area contributed by atoms with Crippen LogP contribution < -0.4 is 20.5 Å². The van der Waals surface area contributed by atoms with Gasteiger partial charge in [0.05, 0.1) is 18.9 Å². The predicted octanol–water partition coefficient (Wildman–Crippen LogP) is 3.72. The van der Waals surface area contributed by atoms with Crippen LogP contribution in [0.2, 0.25) is 0 Å². The van der Waals surface area contributed by atoms with E-state index in [4.69, 9.17) is 15.2 Å². The first-order valence-electron chi connectivity index (χ1n) is 10.3. The van der Waals surface area contributed by atoms with E-state index in [1.165, 1.54) is 25.9 Å². The molecule has 0 aliphatic carbocycles. The zero-order valence-electron chi connectivity index (χ0n) is 17.2. The third kappa shape index (κ3) is 7.67. The molecule has 1 saturated heterocycles. The molecule has 1 heterocycles. The van der Waals surface area contributed by atoms with Crippen molar-refractivity contribution in [2.24, 2.45) is 16.6 Å². The highest BCUT2D eigenvalue weighted by Crippen LogP contribution is 2.29. The van der Waals surface area contributed by atoms with Crippen LogP contribution in [-0.2, 0) is 0 Å². The van der Waals surface area contributed by atoms with Gasteiger partial charge in [-0.15, -0.1) is 0 Å². The van der Waals surface area contributed by atoms with Gasteiger partial charge in [-0.25, -0.2) is 0 Å². The second-order valence-corrected chi connectivity index (χ2v) is 7.17. The Morgan fingerprint density at radius 2 is 2.07 bits per heavy atom. The van der Waals surface area contributed by atoms with E-state index in [1.54, 1.807) is 0 Å². The predicted molar refractivity (Wildman–Crippen MR) is 113 cm³/mol. The Morgan fingerprint density at radius 3 is 2.81 bits per heavy atom. The summed E-state index contributed by atoms with van der Waals surface area (Å²) < 4.78 is 11.2. The minimum Gasteiger partial charge on any atom is -0.494 e. The van der Waals surface area contributed by atoms with Gasteiger partial charge in [0.15, 0.2) is 5.96 Å². The molecule has 0 amide bonds. The van der Waals surface area contributed by atoms with E-state index >= 15 is 0 Å². The quantitative estimate of drug-likeness (QED) is 0.370. The van der Waals surface area contributed by atoms with Crippen LogP contribution in [0.5, 0.6) is 11.5 Å². The normalized spacial score (nSPS) is 18.3. The topological polar surface area (TPSA) is 72.1 Å². The van der Waals surface area contributed by atoms with Crippen molar-refractivity contribution in [3.05, 3.63) is 18.2 Å². The van der Waals surface area contributed by atoms with Crippen LogP contribution >= 0.6 is 0 Å². The van der Waals surface area contributed by atoms with Gasteiger partial charge in [0.2, 0.25) is 0 Å². The van der Waals surface area contributed by atoms with Gasteiger partial charge in [-0.2, -0.15) is 0 Å². The Hall–Kier alpha value is -1.95. The number of aliphatic imine (C=N–C) groups is 1. The van der Waals surface area contributed by atoms with Gasteiger partial charge in [0, 0.05) is 19.2 Å². The average molecular weight is 377 g/mol. The molecule has 152 valence electrons. The van der Waals surface area contributed by atoms with Crippen molar-refractivity contribution in [3.63, 3.8) is 0 Å². The van der Waals surface area contributed by atoms with Crippen molar-refractivity contribution in [2.75, 3.05) is 44.7 Å². The largest absolute Gasteiger partial charge is 0.494 e. The number of ether oxygens (including phenoxy) is 2. The molecule has 1 atom stereocenters. The Labute approximate surface area is 164 Å². The highest BCUT2D eigenvalue weighted by atomic mass is 16.5. The summed E-state index contributed by atoms with van der Waals surface area (Å²) in [5.74, 6) is 2.78. The number of hydrogen-bond acceptors (Lipinski definition) is 4. The minimum atomic E-state index is 0.413. The number of anilines is 1. The molecule has 1 aromatic carbocycles. The van der Waals surface area contributed by atoms with Gasteiger partial charge in [-0.05, 0) is 70.7 Å². The number of rotatable bonds is 10. The smallest absolute Gasteiger partial charge is 0.193 e. The SMILES string of the molecule is CCOc1ccc(OCC)c(NC(N)=NCCCCN2CCCC(C)C2)c1. The van der Waals surface area contributed by atoms with Crippen molar-refractivity contribution in [2.45, 2.75) is 46.5 Å². The molecule has 2 rings (SSSR count). The van der Waals surface area contributed by atoms with E-state index in [0.29, 0.717) is 19.2 Å². The molecule has 1 aliphatic heterocycles. The van der Waals surface area contributed by atoms with Gasteiger partial charge < -0.3 is 25.4 Å². The highest BCUT2D eigenvalue weighted by molar-refractivity contribution is 5.94. The van der Waals surface area contributed by atoms with Crippen molar-refractivity contribution >= 4 is 11.6 Å². The van der Waals surface area contributed by atoms with Crippen molar-refractivity contribution < 1.29 is 9.47 Å². The van der Waals surface area contributed by atoms with Crippen molar-refractivity contribution in [3.8, 4) is 11.5 Å². The highest BCUT2D eigenvalue weighted by Gasteiger charge is 2.15. The second kappa shape index (κ2) is 11.7. The molecule has 0 bridgehead atoms. The Balaban J connectivity index is 1.79. The number of nitrogens with one attached hydrogen (secondary N) is 1. The molecule has 0 saturated carbocycles. The van der Waals surface area contributed by atoms with Gasteiger partial charge >= 0.3 is 0 Å². The van der Waals surface area contributed by atoms with Crippen molar-refractivity contribution in [1.82, 2.24) is 4.90 Å². The average Bonchev–Trinajstić information content (AvgIpc) is 2.64. The van der Waals surface area contributed by atoms with Gasteiger partial charge in [0.25, 0.3) is 0 Å². The number of nitrogens with zero attached hydrogens (tertiary/aromatic N) is 2. The zero-order chi connectivity index (χ0) is 19.5. The molecule has 6 heteroatoms. The zero-order valence-corrected chi connectivity index (χ0v) is 17.2. The molecule has 3 N–H and O–H groups in total. The summed E-state index contributed by atoms with van der Waals surface area (Å²) >= 11 is 0. The van der Waals surface area contributed by atoms with Gasteiger partial charge in [-0.3, -0.25) is 4.99 Å². The fourth-order valence-electron chi connectivity index (χ4n) is 3.46. The monoisotopic (exact) mass is 376 g/mol. The first-order valence-corrected chi connectivity index (χ1v) is 10.3. The third-order valence-corrected chi connectivity index (χ3v) is 4.73. The number of likely N-dealkylation sites (tertiary alicyclic amines) is 1. The molecule has 1 aliphatic rings. The number of benzene rings is 1. The number of guanidine groups is 1.